The third-order valence-electron chi connectivity index (χ3n) is 2.50. The number of carbonyl (C=O) groups is 1. The van der Waals surface area contributed by atoms with Gasteiger partial charge in [-0.25, -0.2) is 0 Å². The second-order valence-corrected chi connectivity index (χ2v) is 6.84. The maximum Gasteiger partial charge on any atom is 0.302 e. The summed E-state index contributed by atoms with van der Waals surface area (Å²) >= 11 is 11.7. The molecule has 0 N–H and O–H groups in total. The van der Waals surface area contributed by atoms with Crippen LogP contribution in [0.25, 0.3) is 0 Å². The van der Waals surface area contributed by atoms with Gasteiger partial charge in [-0.05, 0) is 6.42 Å². The fraction of sp³-hybridized carbons (Fsp3) is 0.769. The first kappa shape index (κ1) is 18.9. The molecule has 112 valence electrons. The zero-order valence-electron chi connectivity index (χ0n) is 11.5. The summed E-state index contributed by atoms with van der Waals surface area (Å²) in [7, 11) is -1.29. The number of rotatable bonds is 10. The van der Waals surface area contributed by atoms with Crippen molar-refractivity contribution in [2.75, 3.05) is 12.4 Å². The molecule has 0 fully saturated rings. The SMILES string of the molecule is CCCCCCCCS(=O)/C(Cl)=C(/Cl)COC(C)=O. The number of unbranched alkanes of at least 4 members (excludes halogenated alkanes) is 5. The maximum atomic E-state index is 11.8. The van der Waals surface area contributed by atoms with E-state index in [-0.39, 0.29) is 16.0 Å². The third kappa shape index (κ3) is 10.4. The molecule has 19 heavy (non-hydrogen) atoms. The van der Waals surface area contributed by atoms with Gasteiger partial charge in [-0.15, -0.1) is 0 Å². The number of esters is 1. The highest BCUT2D eigenvalue weighted by molar-refractivity contribution is 7.90. The van der Waals surface area contributed by atoms with Crippen LogP contribution in [0.15, 0.2) is 9.40 Å². The molecular formula is C13H22Cl2O3S. The summed E-state index contributed by atoms with van der Waals surface area (Å²) in [6.45, 7) is 3.34. The molecule has 1 unspecified atom stereocenters. The van der Waals surface area contributed by atoms with Crippen LogP contribution < -0.4 is 0 Å². The molecule has 0 spiro atoms. The van der Waals surface area contributed by atoms with E-state index in [9.17, 15) is 9.00 Å². The number of ether oxygens (including phenoxy) is 1. The van der Waals surface area contributed by atoms with E-state index in [0.29, 0.717) is 5.75 Å². The molecule has 0 radical (unpaired) electrons. The number of hydrogen-bond donors (Lipinski definition) is 0. The van der Waals surface area contributed by atoms with Crippen LogP contribution in [-0.2, 0) is 20.3 Å². The van der Waals surface area contributed by atoms with Crippen molar-refractivity contribution in [3.05, 3.63) is 9.40 Å². The van der Waals surface area contributed by atoms with Crippen molar-refractivity contribution in [3.8, 4) is 0 Å². The van der Waals surface area contributed by atoms with Crippen LogP contribution >= 0.6 is 23.2 Å². The minimum atomic E-state index is -1.29. The molecule has 0 aliphatic rings. The van der Waals surface area contributed by atoms with Gasteiger partial charge in [-0.2, -0.15) is 0 Å². The van der Waals surface area contributed by atoms with Crippen molar-refractivity contribution in [2.24, 2.45) is 0 Å². The molecule has 0 aliphatic heterocycles. The molecule has 1 atom stereocenters. The van der Waals surface area contributed by atoms with Gasteiger partial charge < -0.3 is 4.74 Å². The van der Waals surface area contributed by atoms with Crippen molar-refractivity contribution in [3.63, 3.8) is 0 Å². The van der Waals surface area contributed by atoms with Gasteiger partial charge in [-0.1, -0.05) is 62.2 Å². The van der Waals surface area contributed by atoms with Crippen molar-refractivity contribution in [1.29, 1.82) is 0 Å². The van der Waals surface area contributed by atoms with Gasteiger partial charge in [0, 0.05) is 12.7 Å². The van der Waals surface area contributed by atoms with Crippen molar-refractivity contribution in [1.82, 2.24) is 0 Å². The van der Waals surface area contributed by atoms with Crippen LogP contribution in [0.2, 0.25) is 0 Å². The Hall–Kier alpha value is -0.0600. The second-order valence-electron chi connectivity index (χ2n) is 4.28. The number of halogens is 2. The Bertz CT molecular complexity index is 330. The summed E-state index contributed by atoms with van der Waals surface area (Å²) in [4.78, 5) is 10.6. The molecule has 6 heteroatoms. The predicted octanol–water partition coefficient (Wildman–Crippen LogP) is 4.31. The summed E-state index contributed by atoms with van der Waals surface area (Å²) in [5.74, 6) is 0.0608. The maximum absolute atomic E-state index is 11.8. The van der Waals surface area contributed by atoms with E-state index in [1.807, 2.05) is 0 Å². The molecule has 0 bridgehead atoms. The molecule has 0 aliphatic carbocycles. The lowest BCUT2D eigenvalue weighted by atomic mass is 10.1. The fourth-order valence-corrected chi connectivity index (χ4v) is 3.00. The first-order valence-electron chi connectivity index (χ1n) is 6.55. The van der Waals surface area contributed by atoms with E-state index >= 15 is 0 Å². The van der Waals surface area contributed by atoms with Gasteiger partial charge in [0.2, 0.25) is 0 Å². The van der Waals surface area contributed by atoms with E-state index in [1.54, 1.807) is 0 Å². The largest absolute Gasteiger partial charge is 0.460 e. The molecular weight excluding hydrogens is 307 g/mol. The smallest absolute Gasteiger partial charge is 0.302 e. The lowest BCUT2D eigenvalue weighted by Crippen LogP contribution is -2.04. The molecule has 3 nitrogen and oxygen atoms in total. The Balaban J connectivity index is 3.91. The normalized spacial score (nSPS) is 13.9. The van der Waals surface area contributed by atoms with E-state index in [0.717, 1.165) is 19.3 Å². The topological polar surface area (TPSA) is 43.4 Å². The minimum Gasteiger partial charge on any atom is -0.460 e. The Kier molecular flexibility index (Phi) is 11.7. The van der Waals surface area contributed by atoms with Gasteiger partial charge in [0.15, 0.2) is 0 Å². The molecule has 0 saturated carbocycles. The van der Waals surface area contributed by atoms with Crippen molar-refractivity contribution < 1.29 is 13.7 Å². The minimum absolute atomic E-state index is 0.0940. The van der Waals surface area contributed by atoms with E-state index < -0.39 is 16.8 Å². The standard InChI is InChI=1S/C13H22Cl2O3S/c1-3-4-5-6-7-8-9-19(17)13(15)12(14)10-18-11(2)16/h3-10H2,1-2H3/b13-12+. The molecule has 0 rings (SSSR count). The summed E-state index contributed by atoms with van der Waals surface area (Å²) in [5, 5.41) is 0.140. The molecule has 0 amide bonds. The predicted molar refractivity (Wildman–Crippen MR) is 81.8 cm³/mol. The summed E-state index contributed by atoms with van der Waals surface area (Å²) in [6, 6.07) is 0. The van der Waals surface area contributed by atoms with Gasteiger partial charge >= 0.3 is 5.97 Å². The van der Waals surface area contributed by atoms with E-state index in [4.69, 9.17) is 27.9 Å². The summed E-state index contributed by atoms with van der Waals surface area (Å²) in [5.41, 5.74) is 0. The van der Waals surface area contributed by atoms with Crippen LogP contribution in [0.1, 0.15) is 52.4 Å². The van der Waals surface area contributed by atoms with Crippen molar-refractivity contribution in [2.45, 2.75) is 52.4 Å². The average Bonchev–Trinajstić information content (AvgIpc) is 2.38. The number of hydrogen-bond acceptors (Lipinski definition) is 3. The van der Waals surface area contributed by atoms with Gasteiger partial charge in [0.05, 0.1) is 15.8 Å². The van der Waals surface area contributed by atoms with Gasteiger partial charge in [-0.3, -0.25) is 9.00 Å². The van der Waals surface area contributed by atoms with Crippen LogP contribution in [-0.4, -0.2) is 22.5 Å². The first-order chi connectivity index (χ1) is 8.99. The lowest BCUT2D eigenvalue weighted by Gasteiger charge is -2.05. The van der Waals surface area contributed by atoms with E-state index in [2.05, 4.69) is 6.92 Å². The Morgan fingerprint density at radius 1 is 1.11 bits per heavy atom. The summed E-state index contributed by atoms with van der Waals surface area (Å²) < 4.78 is 16.6. The Morgan fingerprint density at radius 3 is 2.26 bits per heavy atom. The highest BCUT2D eigenvalue weighted by atomic mass is 35.5. The van der Waals surface area contributed by atoms with Gasteiger partial charge in [0.1, 0.15) is 11.0 Å². The molecule has 0 saturated heterocycles. The monoisotopic (exact) mass is 328 g/mol. The highest BCUT2D eigenvalue weighted by Gasteiger charge is 2.11. The van der Waals surface area contributed by atoms with Gasteiger partial charge in [0.25, 0.3) is 0 Å². The zero-order valence-corrected chi connectivity index (χ0v) is 13.9. The lowest BCUT2D eigenvalue weighted by molar-refractivity contribution is -0.139. The second kappa shape index (κ2) is 11.7. The zero-order chi connectivity index (χ0) is 14.7. The number of carbonyl (C=O) groups excluding carboxylic acids is 1. The molecule has 0 aromatic carbocycles. The van der Waals surface area contributed by atoms with E-state index in [1.165, 1.54) is 26.2 Å². The Labute approximate surface area is 128 Å². The molecule has 0 aromatic rings. The van der Waals surface area contributed by atoms with Crippen LogP contribution in [0, 0.1) is 0 Å². The average molecular weight is 329 g/mol. The summed E-state index contributed by atoms with van der Waals surface area (Å²) in [6.07, 6.45) is 6.76. The fourth-order valence-electron chi connectivity index (χ4n) is 1.45. The Morgan fingerprint density at radius 2 is 1.68 bits per heavy atom. The van der Waals surface area contributed by atoms with Crippen LogP contribution in [0.5, 0.6) is 0 Å². The first-order valence-corrected chi connectivity index (χ1v) is 8.62. The molecule has 0 aromatic heterocycles. The van der Waals surface area contributed by atoms with Crippen LogP contribution in [0.3, 0.4) is 0 Å². The third-order valence-corrected chi connectivity index (χ3v) is 5.06. The molecule has 0 heterocycles. The quantitative estimate of drug-likeness (QED) is 0.443. The highest BCUT2D eigenvalue weighted by Crippen LogP contribution is 2.19. The van der Waals surface area contributed by atoms with Crippen molar-refractivity contribution >= 4 is 40.0 Å². The van der Waals surface area contributed by atoms with Crippen LogP contribution in [0.4, 0.5) is 0 Å².